The molecule has 6 atom stereocenters. The predicted molar refractivity (Wildman–Crippen MR) is 135 cm³/mol. The van der Waals surface area contributed by atoms with Crippen LogP contribution in [0, 0.1) is 0 Å². The van der Waals surface area contributed by atoms with Crippen molar-refractivity contribution >= 4 is 30.2 Å². The van der Waals surface area contributed by atoms with E-state index >= 15 is 4.39 Å². The van der Waals surface area contributed by atoms with Crippen LogP contribution in [0.5, 0.6) is 5.75 Å². The Morgan fingerprint density at radius 2 is 2.00 bits per heavy atom. The molecule has 1 unspecified atom stereocenters. The molecule has 37 heavy (non-hydrogen) atoms. The van der Waals surface area contributed by atoms with Gasteiger partial charge in [-0.2, -0.15) is 4.98 Å². The molecule has 1 fully saturated rings. The van der Waals surface area contributed by atoms with E-state index in [1.54, 1.807) is 44.2 Å². The Morgan fingerprint density at radius 1 is 1.35 bits per heavy atom. The lowest BCUT2D eigenvalue weighted by molar-refractivity contribution is -0.203. The lowest BCUT2D eigenvalue weighted by atomic mass is 9.95. The summed E-state index contributed by atoms with van der Waals surface area (Å²) in [5.74, 6) is -3.50. The number of alkyl halides is 1. The minimum atomic E-state index is -3.69. The molecule has 204 valence electrons. The Labute approximate surface area is 217 Å². The molecular formula is C22H30FN4O8PS. The Morgan fingerprint density at radius 3 is 2.59 bits per heavy atom. The number of nitrogens with two attached hydrogens (primary N) is 1. The molecule has 0 bridgehead atoms. The quantitative estimate of drug-likeness (QED) is 0.244. The SMILES string of the molecule is CC(C)OC(=O)[C@H](C)NP(=S)(OC[C@@]1(F)O[C@@H](n2ccc(N)nc2=O)[C@](C)(O)[C@@H]1O)Oc1ccccc1. The number of rotatable bonds is 10. The van der Waals surface area contributed by atoms with Crippen molar-refractivity contribution in [3.8, 4) is 5.75 Å². The molecule has 1 aromatic heterocycles. The molecule has 1 aliphatic heterocycles. The largest absolute Gasteiger partial charge is 0.462 e. The normalized spacial score (nSPS) is 28.0. The van der Waals surface area contributed by atoms with Crippen molar-refractivity contribution < 1.29 is 37.9 Å². The fourth-order valence-corrected chi connectivity index (χ4v) is 5.90. The maximum Gasteiger partial charge on any atom is 0.351 e. The number of anilines is 1. The molecule has 12 nitrogen and oxygen atoms in total. The first-order valence-electron chi connectivity index (χ1n) is 11.3. The molecule has 3 rings (SSSR count). The zero-order valence-corrected chi connectivity index (χ0v) is 22.3. The number of nitrogen functional groups attached to an aromatic ring is 1. The predicted octanol–water partition coefficient (Wildman–Crippen LogP) is 1.38. The molecule has 0 spiro atoms. The van der Waals surface area contributed by atoms with Crippen LogP contribution in [0.4, 0.5) is 10.2 Å². The van der Waals surface area contributed by atoms with E-state index in [-0.39, 0.29) is 11.6 Å². The summed E-state index contributed by atoms with van der Waals surface area (Å²) < 4.78 is 38.7. The molecule has 5 N–H and O–H groups in total. The number of hydrogen-bond acceptors (Lipinski definition) is 11. The second-order valence-corrected chi connectivity index (χ2v) is 12.1. The van der Waals surface area contributed by atoms with E-state index in [1.165, 1.54) is 13.0 Å². The fraction of sp³-hybridized carbons (Fsp3) is 0.500. The van der Waals surface area contributed by atoms with Crippen molar-refractivity contribution in [3.05, 3.63) is 53.1 Å². The number of carbonyl (C=O) groups excluding carboxylic acids is 1. The van der Waals surface area contributed by atoms with Crippen LogP contribution < -0.4 is 21.0 Å². The summed E-state index contributed by atoms with van der Waals surface area (Å²) in [7, 11) is 0. The van der Waals surface area contributed by atoms with Gasteiger partial charge in [-0.3, -0.25) is 9.36 Å². The number of para-hydroxylation sites is 1. The minimum absolute atomic E-state index is 0.0933. The van der Waals surface area contributed by atoms with Gasteiger partial charge in [0.2, 0.25) is 0 Å². The summed E-state index contributed by atoms with van der Waals surface area (Å²) >= 11 is 5.53. The second kappa shape index (κ2) is 11.1. The smallest absolute Gasteiger partial charge is 0.351 e. The van der Waals surface area contributed by atoms with Crippen molar-refractivity contribution in [2.24, 2.45) is 0 Å². The fourth-order valence-electron chi connectivity index (χ4n) is 3.50. The van der Waals surface area contributed by atoms with E-state index in [9.17, 15) is 19.8 Å². The van der Waals surface area contributed by atoms with E-state index in [4.69, 9.17) is 36.1 Å². The number of nitrogens with one attached hydrogen (secondary N) is 1. The highest BCUT2D eigenvalue weighted by molar-refractivity contribution is 8.09. The van der Waals surface area contributed by atoms with Gasteiger partial charge < -0.3 is 34.5 Å². The third-order valence-electron chi connectivity index (χ3n) is 5.33. The number of carbonyl (C=O) groups is 1. The molecule has 1 aromatic carbocycles. The standard InChI is InChI=1S/C22H30FN4O8PS/c1-13(2)33-17(28)14(3)26-36(37,35-15-8-6-5-7-9-15)32-12-22(23)18(29)21(4,31)19(34-22)27-11-10-16(24)25-20(27)30/h5-11,13-14,18-19,29,31H,12H2,1-4H3,(H,26,37)(H2,24,25,30)/t14-,18-,19+,21+,22+,36?/m0/s1. The topological polar surface area (TPSA) is 167 Å². The van der Waals surface area contributed by atoms with Gasteiger partial charge in [-0.1, -0.05) is 18.2 Å². The van der Waals surface area contributed by atoms with Gasteiger partial charge in [0.05, 0.1) is 6.10 Å². The summed E-state index contributed by atoms with van der Waals surface area (Å²) in [6.07, 6.45) is -3.11. The van der Waals surface area contributed by atoms with Crippen LogP contribution in [0.3, 0.4) is 0 Å². The first-order chi connectivity index (χ1) is 17.2. The molecule has 1 saturated heterocycles. The monoisotopic (exact) mass is 560 g/mol. The Kier molecular flexibility index (Phi) is 8.75. The van der Waals surface area contributed by atoms with Crippen molar-refractivity contribution in [2.45, 2.75) is 63.6 Å². The van der Waals surface area contributed by atoms with Gasteiger partial charge in [0.1, 0.15) is 35.9 Å². The Hall–Kier alpha value is -2.45. The lowest BCUT2D eigenvalue weighted by Crippen LogP contribution is -2.50. The zero-order chi connectivity index (χ0) is 27.6. The molecule has 0 aliphatic carbocycles. The molecule has 2 aromatic rings. The number of halogens is 1. The summed E-state index contributed by atoms with van der Waals surface area (Å²) in [6.45, 7) is 1.19. The first kappa shape index (κ1) is 29.1. The van der Waals surface area contributed by atoms with E-state index in [0.717, 1.165) is 17.7 Å². The van der Waals surface area contributed by atoms with Crippen molar-refractivity contribution in [3.63, 3.8) is 0 Å². The number of aromatic nitrogens is 2. The number of aliphatic hydroxyl groups excluding tert-OH is 1. The van der Waals surface area contributed by atoms with Gasteiger partial charge in [0.15, 0.2) is 6.23 Å². The van der Waals surface area contributed by atoms with E-state index < -0.39 is 60.8 Å². The number of aliphatic hydroxyl groups is 2. The van der Waals surface area contributed by atoms with E-state index in [1.807, 2.05) is 0 Å². The summed E-state index contributed by atoms with van der Waals surface area (Å²) in [5.41, 5.74) is 2.27. The summed E-state index contributed by atoms with van der Waals surface area (Å²) in [6, 6.07) is 8.49. The number of benzene rings is 1. The van der Waals surface area contributed by atoms with Crippen LogP contribution in [0.2, 0.25) is 0 Å². The molecule has 1 aliphatic rings. The van der Waals surface area contributed by atoms with Gasteiger partial charge in [-0.15, -0.1) is 0 Å². The number of esters is 1. The Bertz CT molecular complexity index is 1220. The first-order valence-corrected chi connectivity index (χ1v) is 13.9. The van der Waals surface area contributed by atoms with Gasteiger partial charge >= 0.3 is 18.3 Å². The highest BCUT2D eigenvalue weighted by atomic mass is 32.5. The average molecular weight is 561 g/mol. The van der Waals surface area contributed by atoms with Crippen LogP contribution in [0.25, 0.3) is 0 Å². The Balaban J connectivity index is 1.85. The molecule has 0 amide bonds. The molecule has 0 radical (unpaired) electrons. The minimum Gasteiger partial charge on any atom is -0.462 e. The van der Waals surface area contributed by atoms with Crippen LogP contribution in [0.1, 0.15) is 33.9 Å². The molecule has 0 saturated carbocycles. The van der Waals surface area contributed by atoms with E-state index in [2.05, 4.69) is 10.1 Å². The third-order valence-corrected chi connectivity index (χ3v) is 7.81. The molecular weight excluding hydrogens is 530 g/mol. The van der Waals surface area contributed by atoms with Crippen molar-refractivity contribution in [1.29, 1.82) is 0 Å². The molecule has 15 heteroatoms. The summed E-state index contributed by atoms with van der Waals surface area (Å²) in [4.78, 5) is 28.2. The summed E-state index contributed by atoms with van der Waals surface area (Å²) in [5, 5.41) is 24.3. The molecule has 2 heterocycles. The lowest BCUT2D eigenvalue weighted by Gasteiger charge is -2.30. The van der Waals surface area contributed by atoms with Crippen LogP contribution in [-0.2, 0) is 30.6 Å². The van der Waals surface area contributed by atoms with Crippen LogP contribution in [0.15, 0.2) is 47.4 Å². The third kappa shape index (κ3) is 6.71. The maximum atomic E-state index is 16.0. The number of hydrogen-bond donors (Lipinski definition) is 4. The number of ether oxygens (including phenoxy) is 2. The van der Waals surface area contributed by atoms with Gasteiger partial charge in [0.25, 0.3) is 5.85 Å². The maximum absolute atomic E-state index is 16.0. The highest BCUT2D eigenvalue weighted by Gasteiger charge is 2.63. The highest BCUT2D eigenvalue weighted by Crippen LogP contribution is 2.50. The van der Waals surface area contributed by atoms with Gasteiger partial charge in [-0.05, 0) is 57.7 Å². The van der Waals surface area contributed by atoms with Gasteiger partial charge in [-0.25, -0.2) is 14.3 Å². The second-order valence-electron chi connectivity index (χ2n) is 8.94. The van der Waals surface area contributed by atoms with Gasteiger partial charge in [0, 0.05) is 6.20 Å². The van der Waals surface area contributed by atoms with Crippen LogP contribution >= 0.6 is 6.64 Å². The van der Waals surface area contributed by atoms with E-state index in [0.29, 0.717) is 0 Å². The zero-order valence-electron chi connectivity index (χ0n) is 20.6. The average Bonchev–Trinajstić information content (AvgIpc) is 2.98. The van der Waals surface area contributed by atoms with Crippen molar-refractivity contribution in [2.75, 3.05) is 12.3 Å². The number of nitrogens with zero attached hydrogens (tertiary/aromatic N) is 2. The van der Waals surface area contributed by atoms with Crippen LogP contribution in [-0.4, -0.2) is 62.0 Å². The van der Waals surface area contributed by atoms with Crippen molar-refractivity contribution in [1.82, 2.24) is 14.6 Å².